The van der Waals surface area contributed by atoms with Gasteiger partial charge in [-0.25, -0.2) is 0 Å². The number of aliphatic hydroxyl groups is 1. The van der Waals surface area contributed by atoms with E-state index in [2.05, 4.69) is 5.32 Å². The summed E-state index contributed by atoms with van der Waals surface area (Å²) in [6, 6.07) is 13.9. The number of aromatic hydroxyl groups is 2. The summed E-state index contributed by atoms with van der Waals surface area (Å²) in [7, 11) is 0. The maximum absolute atomic E-state index is 9.99. The molecule has 0 bridgehead atoms. The van der Waals surface area contributed by atoms with Gasteiger partial charge in [-0.15, -0.1) is 0 Å². The summed E-state index contributed by atoms with van der Waals surface area (Å²) < 4.78 is 0. The van der Waals surface area contributed by atoms with Crippen LogP contribution in [0.2, 0.25) is 0 Å². The highest BCUT2D eigenvalue weighted by atomic mass is 16.3. The molecule has 0 aliphatic heterocycles. The third-order valence-corrected chi connectivity index (χ3v) is 3.32. The highest BCUT2D eigenvalue weighted by Gasteiger charge is 2.07. The number of benzene rings is 2. The number of aliphatic hydroxyl groups excluding tert-OH is 1. The van der Waals surface area contributed by atoms with Crippen molar-refractivity contribution in [1.82, 2.24) is 5.32 Å². The van der Waals surface area contributed by atoms with Gasteiger partial charge >= 0.3 is 0 Å². The maximum atomic E-state index is 9.99. The molecule has 2 aromatic rings. The Labute approximate surface area is 124 Å². The van der Waals surface area contributed by atoms with Gasteiger partial charge in [-0.2, -0.15) is 0 Å². The number of hydrogen-bond acceptors (Lipinski definition) is 4. The third-order valence-electron chi connectivity index (χ3n) is 3.32. The summed E-state index contributed by atoms with van der Waals surface area (Å²) in [5.41, 5.74) is 1.81. The number of phenolic OH excluding ortho intramolecular Hbond substituents is 2. The van der Waals surface area contributed by atoms with Crippen LogP contribution < -0.4 is 5.32 Å². The highest BCUT2D eigenvalue weighted by molar-refractivity contribution is 5.29. The summed E-state index contributed by atoms with van der Waals surface area (Å²) in [4.78, 5) is 0. The van der Waals surface area contributed by atoms with Crippen LogP contribution in [0.3, 0.4) is 0 Å². The number of nitrogens with one attached hydrogen (secondary N) is 1. The molecule has 4 nitrogen and oxygen atoms in total. The second-order valence-corrected chi connectivity index (χ2v) is 5.09. The van der Waals surface area contributed by atoms with E-state index < -0.39 is 6.10 Å². The summed E-state index contributed by atoms with van der Waals surface area (Å²) in [6.07, 6.45) is 1.18. The molecule has 0 amide bonds. The average molecular weight is 287 g/mol. The molecule has 21 heavy (non-hydrogen) atoms. The van der Waals surface area contributed by atoms with Gasteiger partial charge in [0, 0.05) is 6.54 Å². The molecule has 0 saturated carbocycles. The molecule has 0 aliphatic rings. The van der Waals surface area contributed by atoms with Gasteiger partial charge in [-0.3, -0.25) is 0 Å². The summed E-state index contributed by atoms with van der Waals surface area (Å²) in [5, 5.41) is 31.9. The standard InChI is InChI=1S/C17H21NO3/c19-15-7-1-4-13(10-15)5-3-9-18-12-17(21)14-6-2-8-16(20)11-14/h1-2,4,6-8,10-11,17-21H,3,5,9,12H2. The van der Waals surface area contributed by atoms with Crippen molar-refractivity contribution < 1.29 is 15.3 Å². The van der Waals surface area contributed by atoms with Crippen molar-refractivity contribution in [2.75, 3.05) is 13.1 Å². The average Bonchev–Trinajstić information content (AvgIpc) is 2.47. The molecule has 1 atom stereocenters. The third kappa shape index (κ3) is 5.10. The van der Waals surface area contributed by atoms with Crippen molar-refractivity contribution in [3.05, 3.63) is 59.7 Å². The zero-order valence-electron chi connectivity index (χ0n) is 11.9. The summed E-state index contributed by atoms with van der Waals surface area (Å²) in [5.74, 6) is 0.454. The van der Waals surface area contributed by atoms with Gasteiger partial charge in [0.1, 0.15) is 11.5 Å². The van der Waals surface area contributed by atoms with Crippen LogP contribution in [0.25, 0.3) is 0 Å². The first-order valence-corrected chi connectivity index (χ1v) is 7.11. The lowest BCUT2D eigenvalue weighted by atomic mass is 10.1. The lowest BCUT2D eigenvalue weighted by Crippen LogP contribution is -2.22. The molecular formula is C17H21NO3. The fraction of sp³-hybridized carbons (Fsp3) is 0.294. The van der Waals surface area contributed by atoms with Crippen molar-refractivity contribution in [3.63, 3.8) is 0 Å². The highest BCUT2D eigenvalue weighted by Crippen LogP contribution is 2.17. The van der Waals surface area contributed by atoms with Crippen molar-refractivity contribution in [3.8, 4) is 11.5 Å². The fourth-order valence-electron chi connectivity index (χ4n) is 2.22. The lowest BCUT2D eigenvalue weighted by Gasteiger charge is -2.12. The molecule has 0 aliphatic carbocycles. The van der Waals surface area contributed by atoms with Crippen molar-refractivity contribution in [2.45, 2.75) is 18.9 Å². The molecule has 0 fully saturated rings. The Morgan fingerprint density at radius 2 is 1.67 bits per heavy atom. The molecule has 4 heteroatoms. The normalized spacial score (nSPS) is 12.2. The molecule has 0 radical (unpaired) electrons. The Bertz CT molecular complexity index is 571. The van der Waals surface area contributed by atoms with Gasteiger partial charge in [-0.05, 0) is 54.8 Å². The minimum absolute atomic E-state index is 0.162. The Morgan fingerprint density at radius 1 is 0.952 bits per heavy atom. The molecule has 112 valence electrons. The van der Waals surface area contributed by atoms with Crippen LogP contribution in [-0.2, 0) is 6.42 Å². The minimum Gasteiger partial charge on any atom is -0.508 e. The second kappa shape index (κ2) is 7.67. The first-order valence-electron chi connectivity index (χ1n) is 7.11. The quantitative estimate of drug-likeness (QED) is 0.590. The minimum atomic E-state index is -0.627. The first-order chi connectivity index (χ1) is 10.1. The molecule has 0 spiro atoms. The van der Waals surface area contributed by atoms with Crippen LogP contribution in [0.4, 0.5) is 0 Å². The van der Waals surface area contributed by atoms with E-state index in [1.54, 1.807) is 36.4 Å². The molecule has 2 aromatic carbocycles. The molecule has 0 saturated heterocycles. The van der Waals surface area contributed by atoms with Gasteiger partial charge in [0.2, 0.25) is 0 Å². The molecule has 0 heterocycles. The predicted molar refractivity (Wildman–Crippen MR) is 82.4 cm³/mol. The Balaban J connectivity index is 1.68. The molecule has 0 aromatic heterocycles. The van der Waals surface area contributed by atoms with Gasteiger partial charge < -0.3 is 20.6 Å². The number of phenols is 2. The number of aryl methyl sites for hydroxylation is 1. The zero-order chi connectivity index (χ0) is 15.1. The monoisotopic (exact) mass is 287 g/mol. The largest absolute Gasteiger partial charge is 0.508 e. The van der Waals surface area contributed by atoms with Crippen LogP contribution in [0.15, 0.2) is 48.5 Å². The maximum Gasteiger partial charge on any atom is 0.115 e. The van der Waals surface area contributed by atoms with E-state index in [4.69, 9.17) is 0 Å². The number of hydrogen-bond donors (Lipinski definition) is 4. The molecular weight excluding hydrogens is 266 g/mol. The van der Waals surface area contributed by atoms with E-state index in [9.17, 15) is 15.3 Å². The van der Waals surface area contributed by atoms with Crippen LogP contribution in [0.1, 0.15) is 23.7 Å². The smallest absolute Gasteiger partial charge is 0.115 e. The van der Waals surface area contributed by atoms with Crippen LogP contribution in [0.5, 0.6) is 11.5 Å². The molecule has 4 N–H and O–H groups in total. The molecule has 1 unspecified atom stereocenters. The zero-order valence-corrected chi connectivity index (χ0v) is 11.9. The Kier molecular flexibility index (Phi) is 5.60. The summed E-state index contributed by atoms with van der Waals surface area (Å²) in [6.45, 7) is 1.23. The number of rotatable bonds is 7. The van der Waals surface area contributed by atoms with E-state index in [-0.39, 0.29) is 5.75 Å². The Morgan fingerprint density at radius 3 is 2.38 bits per heavy atom. The van der Waals surface area contributed by atoms with Gasteiger partial charge in [0.15, 0.2) is 0 Å². The lowest BCUT2D eigenvalue weighted by molar-refractivity contribution is 0.174. The van der Waals surface area contributed by atoms with Crippen LogP contribution in [0, 0.1) is 0 Å². The van der Waals surface area contributed by atoms with Gasteiger partial charge in [0.05, 0.1) is 6.10 Å². The van der Waals surface area contributed by atoms with Gasteiger partial charge in [0.25, 0.3) is 0 Å². The van der Waals surface area contributed by atoms with E-state index in [0.29, 0.717) is 17.9 Å². The predicted octanol–water partition coefficient (Wildman–Crippen LogP) is 2.35. The van der Waals surface area contributed by atoms with Crippen molar-refractivity contribution in [1.29, 1.82) is 0 Å². The van der Waals surface area contributed by atoms with Crippen LogP contribution in [-0.4, -0.2) is 28.4 Å². The van der Waals surface area contributed by atoms with Crippen molar-refractivity contribution >= 4 is 0 Å². The second-order valence-electron chi connectivity index (χ2n) is 5.09. The summed E-state index contributed by atoms with van der Waals surface area (Å²) >= 11 is 0. The SMILES string of the molecule is Oc1cccc(CCCNCC(O)c2cccc(O)c2)c1. The van der Waals surface area contributed by atoms with E-state index in [0.717, 1.165) is 24.9 Å². The first kappa shape index (κ1) is 15.4. The topological polar surface area (TPSA) is 72.7 Å². The van der Waals surface area contributed by atoms with Crippen LogP contribution >= 0.6 is 0 Å². The Hall–Kier alpha value is -2.04. The fourth-order valence-corrected chi connectivity index (χ4v) is 2.22. The van der Waals surface area contributed by atoms with Crippen molar-refractivity contribution in [2.24, 2.45) is 0 Å². The van der Waals surface area contributed by atoms with Gasteiger partial charge in [-0.1, -0.05) is 24.3 Å². The van der Waals surface area contributed by atoms with E-state index in [1.165, 1.54) is 0 Å². The van der Waals surface area contributed by atoms with E-state index in [1.807, 2.05) is 12.1 Å². The molecule has 2 rings (SSSR count). The van der Waals surface area contributed by atoms with E-state index >= 15 is 0 Å².